The Morgan fingerprint density at radius 2 is 1.79 bits per heavy atom. The Morgan fingerprint density at radius 3 is 2.53 bits per heavy atom. The average Bonchev–Trinajstić information content (AvgIpc) is 2.89. The van der Waals surface area contributed by atoms with Gasteiger partial charge in [0.25, 0.3) is 0 Å². The normalized spacial score (nSPS) is 10.6. The van der Waals surface area contributed by atoms with Gasteiger partial charge in [-0.1, -0.05) is 23.7 Å². The molecule has 0 fully saturated rings. The van der Waals surface area contributed by atoms with Crippen molar-refractivity contribution in [1.82, 2.24) is 15.2 Å². The first kappa shape index (κ1) is 11.7. The number of phenols is 1. The van der Waals surface area contributed by atoms with Gasteiger partial charge in [0.15, 0.2) is 11.6 Å². The number of benzene rings is 2. The van der Waals surface area contributed by atoms with Crippen molar-refractivity contribution in [2.75, 3.05) is 0 Å². The molecular weight excluding hydrogens is 262 g/mol. The molecule has 0 saturated carbocycles. The number of nitrogens with one attached hydrogen (secondary N) is 1. The van der Waals surface area contributed by atoms with Gasteiger partial charge in [0.1, 0.15) is 5.75 Å². The zero-order valence-electron chi connectivity index (χ0n) is 9.84. The SMILES string of the molecule is Oc1cccc(-c2n[nH]c(-c3ccc(Cl)cc3)n2)c1. The number of hydrogen-bond donors (Lipinski definition) is 2. The van der Waals surface area contributed by atoms with Crippen molar-refractivity contribution in [2.45, 2.75) is 0 Å². The van der Waals surface area contributed by atoms with Gasteiger partial charge in [0.2, 0.25) is 0 Å². The zero-order valence-corrected chi connectivity index (χ0v) is 10.6. The molecule has 0 amide bonds. The van der Waals surface area contributed by atoms with Gasteiger partial charge >= 0.3 is 0 Å². The van der Waals surface area contributed by atoms with Crippen molar-refractivity contribution >= 4 is 11.6 Å². The van der Waals surface area contributed by atoms with E-state index in [0.717, 1.165) is 11.1 Å². The third-order valence-corrected chi connectivity index (χ3v) is 2.96. The van der Waals surface area contributed by atoms with Crippen molar-refractivity contribution < 1.29 is 5.11 Å². The van der Waals surface area contributed by atoms with E-state index in [-0.39, 0.29) is 5.75 Å². The Morgan fingerprint density at radius 1 is 1.00 bits per heavy atom. The van der Waals surface area contributed by atoms with Crippen LogP contribution in [0.3, 0.4) is 0 Å². The summed E-state index contributed by atoms with van der Waals surface area (Å²) in [6, 6.07) is 14.2. The van der Waals surface area contributed by atoms with Crippen LogP contribution in [0.2, 0.25) is 5.02 Å². The first-order chi connectivity index (χ1) is 9.22. The topological polar surface area (TPSA) is 61.8 Å². The minimum atomic E-state index is 0.190. The molecule has 0 aliphatic heterocycles. The molecule has 2 N–H and O–H groups in total. The predicted molar refractivity (Wildman–Crippen MR) is 73.9 cm³/mol. The van der Waals surface area contributed by atoms with E-state index < -0.39 is 0 Å². The number of hydrogen-bond acceptors (Lipinski definition) is 3. The summed E-state index contributed by atoms with van der Waals surface area (Å²) in [7, 11) is 0. The summed E-state index contributed by atoms with van der Waals surface area (Å²) in [5, 5.41) is 17.1. The monoisotopic (exact) mass is 271 g/mol. The Balaban J connectivity index is 1.97. The summed E-state index contributed by atoms with van der Waals surface area (Å²) in [6.45, 7) is 0. The van der Waals surface area contributed by atoms with Crippen LogP contribution in [0.25, 0.3) is 22.8 Å². The summed E-state index contributed by atoms with van der Waals surface area (Å²) < 4.78 is 0. The lowest BCUT2D eigenvalue weighted by Gasteiger charge is -1.96. The van der Waals surface area contributed by atoms with Crippen LogP contribution in [0, 0.1) is 0 Å². The molecule has 0 bridgehead atoms. The summed E-state index contributed by atoms with van der Waals surface area (Å²) >= 11 is 5.84. The predicted octanol–water partition coefficient (Wildman–Crippen LogP) is 3.50. The van der Waals surface area contributed by atoms with Crippen LogP contribution in [0.1, 0.15) is 0 Å². The van der Waals surface area contributed by atoms with E-state index in [9.17, 15) is 5.11 Å². The van der Waals surface area contributed by atoms with Crippen molar-refractivity contribution in [3.63, 3.8) is 0 Å². The fraction of sp³-hybridized carbons (Fsp3) is 0. The van der Waals surface area contributed by atoms with Crippen LogP contribution < -0.4 is 0 Å². The second-order valence-electron chi connectivity index (χ2n) is 4.06. The maximum Gasteiger partial charge on any atom is 0.181 e. The summed E-state index contributed by atoms with van der Waals surface area (Å²) in [5.41, 5.74) is 1.67. The lowest BCUT2D eigenvalue weighted by molar-refractivity contribution is 0.475. The Kier molecular flexibility index (Phi) is 2.93. The maximum absolute atomic E-state index is 9.45. The zero-order chi connectivity index (χ0) is 13.2. The second kappa shape index (κ2) is 4.74. The quantitative estimate of drug-likeness (QED) is 0.750. The summed E-state index contributed by atoms with van der Waals surface area (Å²) in [5.74, 6) is 1.39. The van der Waals surface area contributed by atoms with E-state index in [1.807, 2.05) is 18.2 Å². The molecule has 19 heavy (non-hydrogen) atoms. The van der Waals surface area contributed by atoms with Gasteiger partial charge in [-0.3, -0.25) is 5.10 Å². The molecule has 0 atom stereocenters. The lowest BCUT2D eigenvalue weighted by Crippen LogP contribution is -1.81. The van der Waals surface area contributed by atoms with Gasteiger partial charge in [0, 0.05) is 16.1 Å². The highest BCUT2D eigenvalue weighted by atomic mass is 35.5. The van der Waals surface area contributed by atoms with E-state index in [0.29, 0.717) is 16.7 Å². The number of nitrogens with zero attached hydrogens (tertiary/aromatic N) is 2. The third-order valence-electron chi connectivity index (χ3n) is 2.71. The van der Waals surface area contributed by atoms with Gasteiger partial charge in [-0.15, -0.1) is 0 Å². The van der Waals surface area contributed by atoms with Gasteiger partial charge in [0.05, 0.1) is 0 Å². The number of aromatic amines is 1. The molecule has 94 valence electrons. The van der Waals surface area contributed by atoms with Gasteiger partial charge < -0.3 is 5.11 Å². The third kappa shape index (κ3) is 2.44. The van der Waals surface area contributed by atoms with Gasteiger partial charge in [-0.2, -0.15) is 5.10 Å². The molecule has 5 heteroatoms. The molecule has 2 aromatic carbocycles. The highest BCUT2D eigenvalue weighted by Gasteiger charge is 2.08. The minimum absolute atomic E-state index is 0.190. The maximum atomic E-state index is 9.45. The first-order valence-electron chi connectivity index (χ1n) is 5.70. The standard InChI is InChI=1S/C14H10ClN3O/c15-11-6-4-9(5-7-11)13-16-14(18-17-13)10-2-1-3-12(19)8-10/h1-8,19H,(H,16,17,18). The summed E-state index contributed by atoms with van der Waals surface area (Å²) in [6.07, 6.45) is 0. The number of phenolic OH excluding ortho intramolecular Hbond substituents is 1. The van der Waals surface area contributed by atoms with Crippen molar-refractivity contribution in [3.8, 4) is 28.5 Å². The highest BCUT2D eigenvalue weighted by Crippen LogP contribution is 2.23. The van der Waals surface area contributed by atoms with E-state index in [4.69, 9.17) is 11.6 Å². The van der Waals surface area contributed by atoms with E-state index >= 15 is 0 Å². The van der Waals surface area contributed by atoms with Crippen molar-refractivity contribution in [3.05, 3.63) is 53.6 Å². The van der Waals surface area contributed by atoms with Gasteiger partial charge in [-0.05, 0) is 36.4 Å². The molecule has 3 rings (SSSR count). The second-order valence-corrected chi connectivity index (χ2v) is 4.50. The molecule has 4 nitrogen and oxygen atoms in total. The van der Waals surface area contributed by atoms with Crippen molar-refractivity contribution in [2.24, 2.45) is 0 Å². The Hall–Kier alpha value is -2.33. The molecule has 0 saturated heterocycles. The van der Waals surface area contributed by atoms with Crippen LogP contribution in [0.4, 0.5) is 0 Å². The van der Waals surface area contributed by atoms with E-state index in [1.54, 1.807) is 30.3 Å². The Labute approximate surface area is 114 Å². The molecule has 0 radical (unpaired) electrons. The van der Waals surface area contributed by atoms with Crippen LogP contribution in [0.5, 0.6) is 5.75 Å². The molecule has 0 aliphatic rings. The van der Waals surface area contributed by atoms with Crippen LogP contribution in [-0.2, 0) is 0 Å². The minimum Gasteiger partial charge on any atom is -0.508 e. The molecule has 0 aliphatic carbocycles. The Bertz CT molecular complexity index is 707. The number of halogens is 1. The largest absolute Gasteiger partial charge is 0.508 e. The number of aromatic nitrogens is 3. The average molecular weight is 272 g/mol. The first-order valence-corrected chi connectivity index (χ1v) is 6.08. The van der Waals surface area contributed by atoms with Crippen molar-refractivity contribution in [1.29, 1.82) is 0 Å². The highest BCUT2D eigenvalue weighted by molar-refractivity contribution is 6.30. The fourth-order valence-electron chi connectivity index (χ4n) is 1.77. The lowest BCUT2D eigenvalue weighted by atomic mass is 10.2. The molecule has 0 spiro atoms. The van der Waals surface area contributed by atoms with Crippen LogP contribution >= 0.6 is 11.6 Å². The summed E-state index contributed by atoms with van der Waals surface area (Å²) in [4.78, 5) is 4.40. The van der Waals surface area contributed by atoms with Crippen LogP contribution in [-0.4, -0.2) is 20.3 Å². The molecular formula is C14H10ClN3O. The fourth-order valence-corrected chi connectivity index (χ4v) is 1.90. The van der Waals surface area contributed by atoms with Crippen LogP contribution in [0.15, 0.2) is 48.5 Å². The molecule has 3 aromatic rings. The van der Waals surface area contributed by atoms with E-state index in [1.165, 1.54) is 0 Å². The smallest absolute Gasteiger partial charge is 0.181 e. The van der Waals surface area contributed by atoms with E-state index in [2.05, 4.69) is 15.2 Å². The molecule has 0 unspecified atom stereocenters. The number of aromatic hydroxyl groups is 1. The number of H-pyrrole nitrogens is 1. The molecule has 1 aromatic heterocycles. The molecule has 1 heterocycles. The number of rotatable bonds is 2. The van der Waals surface area contributed by atoms with Gasteiger partial charge in [-0.25, -0.2) is 4.98 Å².